The van der Waals surface area contributed by atoms with Crippen LogP contribution in [-0.2, 0) is 4.74 Å². The molecule has 1 aliphatic rings. The molecular weight excluding hydrogens is 144 g/mol. The van der Waals surface area contributed by atoms with Crippen LogP contribution >= 0.6 is 0 Å². The average Bonchev–Trinajstić information content (AvgIpc) is 2.58. The summed E-state index contributed by atoms with van der Waals surface area (Å²) in [6.07, 6.45) is 3.41. The van der Waals surface area contributed by atoms with Crippen LogP contribution in [0.1, 0.15) is 24.6 Å². The molecule has 1 aromatic heterocycles. The molecule has 1 fully saturated rings. The minimum atomic E-state index is 0.447. The molecule has 0 atom stereocenters. The molecule has 0 aliphatic carbocycles. The molecule has 4 nitrogen and oxygen atoms in total. The molecule has 0 unspecified atom stereocenters. The first-order valence-corrected chi connectivity index (χ1v) is 3.81. The Morgan fingerprint density at radius 3 is 2.82 bits per heavy atom. The van der Waals surface area contributed by atoms with Crippen molar-refractivity contribution >= 4 is 0 Å². The Morgan fingerprint density at radius 2 is 2.18 bits per heavy atom. The van der Waals surface area contributed by atoms with E-state index in [-0.39, 0.29) is 0 Å². The quantitative estimate of drug-likeness (QED) is 0.604. The molecule has 1 aliphatic heterocycles. The normalized spacial score (nSPS) is 20.4. The number of ether oxygens (including phenoxy) is 1. The van der Waals surface area contributed by atoms with Gasteiger partial charge >= 0.3 is 0 Å². The molecule has 0 aromatic carbocycles. The monoisotopic (exact) mass is 154 g/mol. The summed E-state index contributed by atoms with van der Waals surface area (Å²) in [5.41, 5.74) is 0. The van der Waals surface area contributed by atoms with Crippen LogP contribution in [0.25, 0.3) is 0 Å². The van der Waals surface area contributed by atoms with Crippen LogP contribution in [0.15, 0.2) is 10.9 Å². The second kappa shape index (κ2) is 3.00. The van der Waals surface area contributed by atoms with Crippen molar-refractivity contribution in [3.63, 3.8) is 0 Å². The van der Waals surface area contributed by atoms with Crippen molar-refractivity contribution < 1.29 is 9.26 Å². The van der Waals surface area contributed by atoms with E-state index in [1.54, 1.807) is 0 Å². The molecule has 0 amide bonds. The van der Waals surface area contributed by atoms with Gasteiger partial charge in [0.25, 0.3) is 0 Å². The first kappa shape index (κ1) is 6.79. The molecular formula is C7H10N2O2. The lowest BCUT2D eigenvalue weighted by Crippen LogP contribution is -2.14. The van der Waals surface area contributed by atoms with Crippen LogP contribution in [0.4, 0.5) is 0 Å². The van der Waals surface area contributed by atoms with E-state index in [1.807, 2.05) is 0 Å². The van der Waals surface area contributed by atoms with Crippen LogP contribution in [0, 0.1) is 0 Å². The van der Waals surface area contributed by atoms with E-state index in [0.717, 1.165) is 31.9 Å². The maximum Gasteiger partial charge on any atom is 0.213 e. The molecule has 60 valence electrons. The van der Waals surface area contributed by atoms with Gasteiger partial charge in [0.15, 0.2) is 5.82 Å². The van der Waals surface area contributed by atoms with Gasteiger partial charge in [0.2, 0.25) is 6.39 Å². The molecule has 0 N–H and O–H groups in total. The van der Waals surface area contributed by atoms with E-state index in [0.29, 0.717) is 5.92 Å². The lowest BCUT2D eigenvalue weighted by Gasteiger charge is -2.18. The summed E-state index contributed by atoms with van der Waals surface area (Å²) in [6.45, 7) is 1.64. The minimum Gasteiger partial charge on any atom is -0.381 e. The molecule has 2 rings (SSSR count). The van der Waals surface area contributed by atoms with Crippen LogP contribution in [-0.4, -0.2) is 23.4 Å². The highest BCUT2D eigenvalue weighted by molar-refractivity contribution is 4.92. The smallest absolute Gasteiger partial charge is 0.213 e. The van der Waals surface area contributed by atoms with Gasteiger partial charge in [-0.05, 0) is 12.8 Å². The Morgan fingerprint density at radius 1 is 1.36 bits per heavy atom. The summed E-state index contributed by atoms with van der Waals surface area (Å²) in [7, 11) is 0. The van der Waals surface area contributed by atoms with Crippen LogP contribution < -0.4 is 0 Å². The number of aromatic nitrogens is 2. The third kappa shape index (κ3) is 1.40. The fourth-order valence-electron chi connectivity index (χ4n) is 1.31. The van der Waals surface area contributed by atoms with Crippen molar-refractivity contribution in [2.24, 2.45) is 0 Å². The SMILES string of the molecule is c1nc(C2CCOCC2)no1. The predicted octanol–water partition coefficient (Wildman–Crippen LogP) is 0.964. The number of hydrogen-bond donors (Lipinski definition) is 0. The summed E-state index contributed by atoms with van der Waals surface area (Å²) in [4.78, 5) is 4.01. The van der Waals surface area contributed by atoms with E-state index in [9.17, 15) is 0 Å². The number of hydrogen-bond acceptors (Lipinski definition) is 4. The minimum absolute atomic E-state index is 0.447. The lowest BCUT2D eigenvalue weighted by atomic mass is 10.00. The fraction of sp³-hybridized carbons (Fsp3) is 0.714. The number of rotatable bonds is 1. The maximum absolute atomic E-state index is 5.21. The summed E-state index contributed by atoms with van der Waals surface area (Å²) in [5.74, 6) is 1.27. The molecule has 4 heteroatoms. The number of nitrogens with zero attached hydrogens (tertiary/aromatic N) is 2. The van der Waals surface area contributed by atoms with E-state index >= 15 is 0 Å². The first-order valence-electron chi connectivity index (χ1n) is 3.81. The Hall–Kier alpha value is -0.900. The second-order valence-electron chi connectivity index (χ2n) is 2.68. The third-order valence-electron chi connectivity index (χ3n) is 1.96. The average molecular weight is 154 g/mol. The zero-order valence-electron chi connectivity index (χ0n) is 6.19. The lowest BCUT2D eigenvalue weighted by molar-refractivity contribution is 0.0830. The molecule has 1 saturated heterocycles. The Balaban J connectivity index is 2.04. The Kier molecular flexibility index (Phi) is 1.85. The van der Waals surface area contributed by atoms with Crippen molar-refractivity contribution in [2.45, 2.75) is 18.8 Å². The molecule has 0 bridgehead atoms. The fourth-order valence-corrected chi connectivity index (χ4v) is 1.31. The van der Waals surface area contributed by atoms with Gasteiger partial charge in [0.1, 0.15) is 0 Å². The highest BCUT2D eigenvalue weighted by Crippen LogP contribution is 2.23. The van der Waals surface area contributed by atoms with E-state index in [1.165, 1.54) is 6.39 Å². The van der Waals surface area contributed by atoms with Crippen LogP contribution in [0.3, 0.4) is 0 Å². The van der Waals surface area contributed by atoms with E-state index in [2.05, 4.69) is 14.7 Å². The van der Waals surface area contributed by atoms with Crippen molar-refractivity contribution in [2.75, 3.05) is 13.2 Å². The highest BCUT2D eigenvalue weighted by atomic mass is 16.5. The third-order valence-corrected chi connectivity index (χ3v) is 1.96. The summed E-state index contributed by atoms with van der Waals surface area (Å²) >= 11 is 0. The van der Waals surface area contributed by atoms with Crippen molar-refractivity contribution in [1.29, 1.82) is 0 Å². The van der Waals surface area contributed by atoms with Gasteiger partial charge in [-0.15, -0.1) is 0 Å². The van der Waals surface area contributed by atoms with Crippen LogP contribution in [0.5, 0.6) is 0 Å². The molecule has 11 heavy (non-hydrogen) atoms. The maximum atomic E-state index is 5.21. The second-order valence-corrected chi connectivity index (χ2v) is 2.68. The van der Waals surface area contributed by atoms with Gasteiger partial charge in [-0.1, -0.05) is 5.16 Å². The zero-order valence-corrected chi connectivity index (χ0v) is 6.19. The zero-order chi connectivity index (χ0) is 7.52. The Labute approximate surface area is 64.5 Å². The molecule has 0 radical (unpaired) electrons. The van der Waals surface area contributed by atoms with Crippen molar-refractivity contribution in [3.05, 3.63) is 12.2 Å². The van der Waals surface area contributed by atoms with Gasteiger partial charge in [0, 0.05) is 19.1 Å². The van der Waals surface area contributed by atoms with Gasteiger partial charge in [-0.25, -0.2) is 0 Å². The largest absolute Gasteiger partial charge is 0.381 e. The van der Waals surface area contributed by atoms with Crippen molar-refractivity contribution in [1.82, 2.24) is 10.1 Å². The van der Waals surface area contributed by atoms with E-state index < -0.39 is 0 Å². The molecule has 1 aromatic rings. The summed E-state index contributed by atoms with van der Waals surface area (Å²) < 4.78 is 9.88. The van der Waals surface area contributed by atoms with Crippen LogP contribution in [0.2, 0.25) is 0 Å². The summed E-state index contributed by atoms with van der Waals surface area (Å²) in [5, 5.41) is 3.80. The molecule has 0 saturated carbocycles. The van der Waals surface area contributed by atoms with E-state index in [4.69, 9.17) is 4.74 Å². The molecule has 2 heterocycles. The molecule has 0 spiro atoms. The van der Waals surface area contributed by atoms with Gasteiger partial charge < -0.3 is 9.26 Å². The standard InChI is InChI=1S/C7H10N2O2/c1-3-10-4-2-6(1)7-8-5-11-9-7/h5-6H,1-4H2. The Bertz CT molecular complexity index is 204. The van der Waals surface area contributed by atoms with Crippen molar-refractivity contribution in [3.8, 4) is 0 Å². The van der Waals surface area contributed by atoms with Gasteiger partial charge in [0.05, 0.1) is 0 Å². The van der Waals surface area contributed by atoms with Gasteiger partial charge in [-0.2, -0.15) is 4.98 Å². The topological polar surface area (TPSA) is 48.2 Å². The highest BCUT2D eigenvalue weighted by Gasteiger charge is 2.19. The first-order chi connectivity index (χ1) is 5.47. The predicted molar refractivity (Wildman–Crippen MR) is 37.1 cm³/mol. The summed E-state index contributed by atoms with van der Waals surface area (Å²) in [6, 6.07) is 0. The van der Waals surface area contributed by atoms with Gasteiger partial charge in [-0.3, -0.25) is 0 Å².